The summed E-state index contributed by atoms with van der Waals surface area (Å²) in [6.07, 6.45) is 0.223. The molecule has 0 fully saturated rings. The molecular weight excluding hydrogens is 344 g/mol. The van der Waals surface area contributed by atoms with Crippen molar-refractivity contribution >= 4 is 17.5 Å². The standard InChI is InChI=1S/C21H26N2O4/c1-15-7-5-6-8-18(15)23(16(2)24)12-11-21(25)22-14-17-9-10-19(26-3)20(13-17)27-4/h5-10,13H,11-12,14H2,1-4H3,(H,22,25). The monoisotopic (exact) mass is 370 g/mol. The number of para-hydroxylation sites is 1. The second kappa shape index (κ2) is 9.62. The van der Waals surface area contributed by atoms with Crippen LogP contribution in [0.25, 0.3) is 0 Å². The number of nitrogens with one attached hydrogen (secondary N) is 1. The number of carbonyl (C=O) groups is 2. The molecule has 1 N–H and O–H groups in total. The summed E-state index contributed by atoms with van der Waals surface area (Å²) in [6, 6.07) is 13.1. The van der Waals surface area contributed by atoms with E-state index in [1.807, 2.05) is 43.3 Å². The van der Waals surface area contributed by atoms with Gasteiger partial charge in [-0.25, -0.2) is 0 Å². The van der Waals surface area contributed by atoms with Crippen LogP contribution in [-0.4, -0.2) is 32.6 Å². The highest BCUT2D eigenvalue weighted by atomic mass is 16.5. The van der Waals surface area contributed by atoms with Gasteiger partial charge in [0.25, 0.3) is 0 Å². The summed E-state index contributed by atoms with van der Waals surface area (Å²) in [7, 11) is 3.15. The molecule has 6 nitrogen and oxygen atoms in total. The number of carbonyl (C=O) groups excluding carboxylic acids is 2. The molecule has 2 aromatic carbocycles. The largest absolute Gasteiger partial charge is 0.493 e. The maximum Gasteiger partial charge on any atom is 0.223 e. The first-order chi connectivity index (χ1) is 13.0. The average molecular weight is 370 g/mol. The zero-order chi connectivity index (χ0) is 19.8. The first kappa shape index (κ1) is 20.3. The molecule has 0 heterocycles. The Morgan fingerprint density at radius 1 is 1.04 bits per heavy atom. The first-order valence-electron chi connectivity index (χ1n) is 8.77. The van der Waals surface area contributed by atoms with Crippen molar-refractivity contribution in [2.75, 3.05) is 25.7 Å². The van der Waals surface area contributed by atoms with Crippen LogP contribution in [0.5, 0.6) is 11.5 Å². The van der Waals surface area contributed by atoms with Crippen LogP contribution < -0.4 is 19.7 Å². The minimum Gasteiger partial charge on any atom is -0.493 e. The number of aryl methyl sites for hydroxylation is 1. The molecule has 0 radical (unpaired) electrons. The van der Waals surface area contributed by atoms with E-state index in [0.717, 1.165) is 16.8 Å². The first-order valence-corrected chi connectivity index (χ1v) is 8.77. The molecule has 0 aromatic heterocycles. The van der Waals surface area contributed by atoms with Crippen molar-refractivity contribution in [3.8, 4) is 11.5 Å². The third kappa shape index (κ3) is 5.48. The molecule has 6 heteroatoms. The van der Waals surface area contributed by atoms with Crippen molar-refractivity contribution in [2.24, 2.45) is 0 Å². The van der Waals surface area contributed by atoms with E-state index in [0.29, 0.717) is 24.6 Å². The molecule has 0 saturated heterocycles. The van der Waals surface area contributed by atoms with Gasteiger partial charge in [-0.05, 0) is 36.2 Å². The van der Waals surface area contributed by atoms with Gasteiger partial charge in [0.1, 0.15) is 0 Å². The molecule has 0 aliphatic rings. The zero-order valence-corrected chi connectivity index (χ0v) is 16.2. The number of amides is 2. The fourth-order valence-corrected chi connectivity index (χ4v) is 2.81. The molecule has 0 atom stereocenters. The molecular formula is C21H26N2O4. The maximum absolute atomic E-state index is 12.2. The van der Waals surface area contributed by atoms with Crippen LogP contribution in [0.1, 0.15) is 24.5 Å². The van der Waals surface area contributed by atoms with Gasteiger partial charge in [-0.2, -0.15) is 0 Å². The lowest BCUT2D eigenvalue weighted by molar-refractivity contribution is -0.121. The van der Waals surface area contributed by atoms with Crippen LogP contribution in [0.15, 0.2) is 42.5 Å². The molecule has 2 rings (SSSR count). The van der Waals surface area contributed by atoms with E-state index < -0.39 is 0 Å². The van der Waals surface area contributed by atoms with E-state index in [-0.39, 0.29) is 18.2 Å². The van der Waals surface area contributed by atoms with Gasteiger partial charge in [0.2, 0.25) is 11.8 Å². The fourth-order valence-electron chi connectivity index (χ4n) is 2.81. The third-order valence-electron chi connectivity index (χ3n) is 4.29. The molecule has 27 heavy (non-hydrogen) atoms. The van der Waals surface area contributed by atoms with Crippen LogP contribution >= 0.6 is 0 Å². The molecule has 0 aliphatic carbocycles. The quantitative estimate of drug-likeness (QED) is 0.775. The number of nitrogens with zero attached hydrogens (tertiary/aromatic N) is 1. The molecule has 2 aromatic rings. The number of anilines is 1. The summed E-state index contributed by atoms with van der Waals surface area (Å²) in [6.45, 7) is 4.16. The van der Waals surface area contributed by atoms with Crippen LogP contribution in [0.3, 0.4) is 0 Å². The van der Waals surface area contributed by atoms with Gasteiger partial charge in [0.15, 0.2) is 11.5 Å². The Morgan fingerprint density at radius 3 is 2.37 bits per heavy atom. The summed E-state index contributed by atoms with van der Waals surface area (Å²) in [4.78, 5) is 25.9. The topological polar surface area (TPSA) is 67.9 Å². The fraction of sp³-hybridized carbons (Fsp3) is 0.333. The van der Waals surface area contributed by atoms with Crippen LogP contribution in [-0.2, 0) is 16.1 Å². The second-order valence-corrected chi connectivity index (χ2v) is 6.17. The van der Waals surface area contributed by atoms with Crippen LogP contribution in [0, 0.1) is 6.92 Å². The van der Waals surface area contributed by atoms with E-state index in [4.69, 9.17) is 9.47 Å². The average Bonchev–Trinajstić information content (AvgIpc) is 2.67. The Kier molecular flexibility index (Phi) is 7.23. The summed E-state index contributed by atoms with van der Waals surface area (Å²) in [5.74, 6) is 1.05. The van der Waals surface area contributed by atoms with Crippen molar-refractivity contribution in [2.45, 2.75) is 26.8 Å². The van der Waals surface area contributed by atoms with Crippen molar-refractivity contribution in [3.05, 3.63) is 53.6 Å². The zero-order valence-electron chi connectivity index (χ0n) is 16.2. The summed E-state index contributed by atoms with van der Waals surface area (Å²) in [5, 5.41) is 2.87. The van der Waals surface area contributed by atoms with Crippen molar-refractivity contribution in [1.82, 2.24) is 5.32 Å². The normalized spacial score (nSPS) is 10.2. The Labute approximate surface area is 160 Å². The Bertz CT molecular complexity index is 805. The highest BCUT2D eigenvalue weighted by Crippen LogP contribution is 2.27. The lowest BCUT2D eigenvalue weighted by Crippen LogP contribution is -2.34. The van der Waals surface area contributed by atoms with Crippen LogP contribution in [0.2, 0.25) is 0 Å². The summed E-state index contributed by atoms with van der Waals surface area (Å²) < 4.78 is 10.5. The minimum absolute atomic E-state index is 0.0861. The van der Waals surface area contributed by atoms with Crippen LogP contribution in [0.4, 0.5) is 5.69 Å². The predicted octanol–water partition coefficient (Wildman–Crippen LogP) is 3.07. The Morgan fingerprint density at radius 2 is 1.74 bits per heavy atom. The number of benzene rings is 2. The van der Waals surface area contributed by atoms with Crippen molar-refractivity contribution < 1.29 is 19.1 Å². The van der Waals surface area contributed by atoms with E-state index in [1.54, 1.807) is 25.2 Å². The SMILES string of the molecule is COc1ccc(CNC(=O)CCN(C(C)=O)c2ccccc2C)cc1OC. The molecule has 0 bridgehead atoms. The minimum atomic E-state index is -0.121. The summed E-state index contributed by atoms with van der Waals surface area (Å²) in [5.41, 5.74) is 2.74. The van der Waals surface area contributed by atoms with Gasteiger partial charge in [-0.15, -0.1) is 0 Å². The molecule has 0 aliphatic heterocycles. The number of hydrogen-bond acceptors (Lipinski definition) is 4. The smallest absolute Gasteiger partial charge is 0.223 e. The molecule has 144 valence electrons. The van der Waals surface area contributed by atoms with E-state index in [2.05, 4.69) is 5.32 Å². The molecule has 0 saturated carbocycles. The second-order valence-electron chi connectivity index (χ2n) is 6.17. The van der Waals surface area contributed by atoms with Gasteiger partial charge < -0.3 is 19.7 Å². The molecule has 2 amide bonds. The third-order valence-corrected chi connectivity index (χ3v) is 4.29. The Hall–Kier alpha value is -3.02. The van der Waals surface area contributed by atoms with E-state index >= 15 is 0 Å². The number of methoxy groups -OCH3 is 2. The number of ether oxygens (including phenoxy) is 2. The maximum atomic E-state index is 12.2. The predicted molar refractivity (Wildman–Crippen MR) is 105 cm³/mol. The highest BCUT2D eigenvalue weighted by molar-refractivity contribution is 5.93. The van der Waals surface area contributed by atoms with Gasteiger partial charge in [-0.1, -0.05) is 24.3 Å². The van der Waals surface area contributed by atoms with Crippen molar-refractivity contribution in [3.63, 3.8) is 0 Å². The van der Waals surface area contributed by atoms with Gasteiger partial charge in [0, 0.05) is 32.1 Å². The van der Waals surface area contributed by atoms with E-state index in [9.17, 15) is 9.59 Å². The van der Waals surface area contributed by atoms with Gasteiger partial charge >= 0.3 is 0 Å². The lowest BCUT2D eigenvalue weighted by Gasteiger charge is -2.22. The molecule has 0 unspecified atom stereocenters. The van der Waals surface area contributed by atoms with E-state index in [1.165, 1.54) is 6.92 Å². The summed E-state index contributed by atoms with van der Waals surface area (Å²) >= 11 is 0. The number of hydrogen-bond donors (Lipinski definition) is 1. The van der Waals surface area contributed by atoms with Gasteiger partial charge in [-0.3, -0.25) is 9.59 Å². The molecule has 0 spiro atoms. The van der Waals surface area contributed by atoms with Gasteiger partial charge in [0.05, 0.1) is 14.2 Å². The Balaban J connectivity index is 1.93. The highest BCUT2D eigenvalue weighted by Gasteiger charge is 2.15. The number of rotatable bonds is 8. The lowest BCUT2D eigenvalue weighted by atomic mass is 10.1. The van der Waals surface area contributed by atoms with Crippen molar-refractivity contribution in [1.29, 1.82) is 0 Å².